The van der Waals surface area contributed by atoms with Crippen molar-refractivity contribution in [2.75, 3.05) is 16.6 Å². The number of sulfonamides is 1. The minimum absolute atomic E-state index is 0.109. The van der Waals surface area contributed by atoms with Crippen LogP contribution in [0.1, 0.15) is 42.0 Å². The van der Waals surface area contributed by atoms with E-state index < -0.39 is 10.0 Å². The molecule has 0 unspecified atom stereocenters. The van der Waals surface area contributed by atoms with Crippen LogP contribution in [-0.4, -0.2) is 20.9 Å². The van der Waals surface area contributed by atoms with Crippen LogP contribution in [0.25, 0.3) is 0 Å². The first-order valence-corrected chi connectivity index (χ1v) is 12.3. The predicted molar refractivity (Wildman–Crippen MR) is 133 cm³/mol. The van der Waals surface area contributed by atoms with Crippen LogP contribution in [0.15, 0.2) is 65.6 Å². The number of ether oxygens (including phenoxy) is 1. The minimum atomic E-state index is -3.74. The van der Waals surface area contributed by atoms with Gasteiger partial charge in [-0.25, -0.2) is 8.42 Å². The first-order valence-electron chi connectivity index (χ1n) is 10.8. The fourth-order valence-electron chi connectivity index (χ4n) is 3.55. The molecule has 0 aliphatic carbocycles. The number of amides is 1. The standard InChI is InChI=1S/C26H30N2O4S/c1-17(2)24-11-6-18(3)15-25(24)32-16-26(29)27-21-7-9-23(10-8-21)33(30,31)28-22-13-19(4)12-20(5)14-22/h6-15,17,28H,16H2,1-5H3,(H,27,29). The number of rotatable bonds is 8. The van der Waals surface area contributed by atoms with Gasteiger partial charge in [0.05, 0.1) is 4.90 Å². The molecule has 0 aliphatic heterocycles. The molecule has 0 atom stereocenters. The highest BCUT2D eigenvalue weighted by atomic mass is 32.2. The van der Waals surface area contributed by atoms with E-state index in [1.807, 2.05) is 45.0 Å². The Morgan fingerprint density at radius 1 is 0.848 bits per heavy atom. The Hall–Kier alpha value is -3.32. The van der Waals surface area contributed by atoms with Gasteiger partial charge in [0.25, 0.3) is 15.9 Å². The average Bonchev–Trinajstić information content (AvgIpc) is 2.71. The fourth-order valence-corrected chi connectivity index (χ4v) is 4.59. The van der Waals surface area contributed by atoms with Gasteiger partial charge in [-0.3, -0.25) is 9.52 Å². The number of nitrogens with one attached hydrogen (secondary N) is 2. The summed E-state index contributed by atoms with van der Waals surface area (Å²) in [5.74, 6) is 0.643. The van der Waals surface area contributed by atoms with Crippen LogP contribution in [0, 0.1) is 20.8 Å². The van der Waals surface area contributed by atoms with Gasteiger partial charge < -0.3 is 10.1 Å². The first kappa shape index (κ1) is 24.3. The molecule has 3 aromatic rings. The first-order chi connectivity index (χ1) is 15.5. The summed E-state index contributed by atoms with van der Waals surface area (Å²) in [6, 6.07) is 17.5. The molecule has 0 saturated carbocycles. The van der Waals surface area contributed by atoms with Crippen molar-refractivity contribution in [3.8, 4) is 5.75 Å². The van der Waals surface area contributed by atoms with Gasteiger partial charge >= 0.3 is 0 Å². The minimum Gasteiger partial charge on any atom is -0.483 e. The van der Waals surface area contributed by atoms with Crippen molar-refractivity contribution in [2.45, 2.75) is 45.4 Å². The number of carbonyl (C=O) groups excluding carboxylic acids is 1. The summed E-state index contributed by atoms with van der Waals surface area (Å²) in [7, 11) is -3.74. The molecule has 0 heterocycles. The van der Waals surface area contributed by atoms with Gasteiger partial charge in [-0.15, -0.1) is 0 Å². The Morgan fingerprint density at radius 2 is 1.48 bits per heavy atom. The van der Waals surface area contributed by atoms with Crippen molar-refractivity contribution in [3.63, 3.8) is 0 Å². The van der Waals surface area contributed by atoms with E-state index in [1.54, 1.807) is 24.3 Å². The lowest BCUT2D eigenvalue weighted by atomic mass is 10.0. The fraction of sp³-hybridized carbons (Fsp3) is 0.269. The summed E-state index contributed by atoms with van der Waals surface area (Å²) >= 11 is 0. The van der Waals surface area contributed by atoms with Crippen LogP contribution in [0.4, 0.5) is 11.4 Å². The maximum Gasteiger partial charge on any atom is 0.262 e. The lowest BCUT2D eigenvalue weighted by Gasteiger charge is -2.15. The molecule has 1 amide bonds. The Balaban J connectivity index is 1.63. The van der Waals surface area contributed by atoms with Crippen LogP contribution in [0.2, 0.25) is 0 Å². The van der Waals surface area contributed by atoms with E-state index in [1.165, 1.54) is 12.1 Å². The van der Waals surface area contributed by atoms with Gasteiger partial charge in [0, 0.05) is 11.4 Å². The van der Waals surface area contributed by atoms with Gasteiger partial charge in [-0.05, 0) is 91.4 Å². The molecule has 2 N–H and O–H groups in total. The van der Waals surface area contributed by atoms with Crippen molar-refractivity contribution in [3.05, 3.63) is 82.9 Å². The predicted octanol–water partition coefficient (Wildman–Crippen LogP) is 5.55. The Bertz CT molecular complexity index is 1230. The third-order valence-corrected chi connectivity index (χ3v) is 6.47. The molecular weight excluding hydrogens is 436 g/mol. The highest BCUT2D eigenvalue weighted by molar-refractivity contribution is 7.92. The Morgan fingerprint density at radius 3 is 2.09 bits per heavy atom. The van der Waals surface area contributed by atoms with E-state index in [-0.39, 0.29) is 23.3 Å². The van der Waals surface area contributed by atoms with E-state index in [0.29, 0.717) is 17.1 Å². The molecule has 6 nitrogen and oxygen atoms in total. The lowest BCUT2D eigenvalue weighted by Crippen LogP contribution is -2.20. The SMILES string of the molecule is Cc1cc(C)cc(NS(=O)(=O)c2ccc(NC(=O)COc3cc(C)ccc3C(C)C)cc2)c1. The van der Waals surface area contributed by atoms with Crippen molar-refractivity contribution >= 4 is 27.3 Å². The number of benzene rings is 3. The summed E-state index contributed by atoms with van der Waals surface area (Å²) < 4.78 is 33.8. The molecule has 0 fully saturated rings. The Kier molecular flexibility index (Phi) is 7.43. The van der Waals surface area contributed by atoms with E-state index in [9.17, 15) is 13.2 Å². The van der Waals surface area contributed by atoms with Crippen LogP contribution in [-0.2, 0) is 14.8 Å². The highest BCUT2D eigenvalue weighted by Crippen LogP contribution is 2.27. The maximum atomic E-state index is 12.7. The van der Waals surface area contributed by atoms with Crippen molar-refractivity contribution in [1.29, 1.82) is 0 Å². The van der Waals surface area contributed by atoms with Crippen molar-refractivity contribution in [1.82, 2.24) is 0 Å². The number of anilines is 2. The molecule has 0 radical (unpaired) electrons. The average molecular weight is 467 g/mol. The lowest BCUT2D eigenvalue weighted by molar-refractivity contribution is -0.118. The molecule has 0 aromatic heterocycles. The Labute approximate surface area is 196 Å². The molecule has 174 valence electrons. The molecule has 33 heavy (non-hydrogen) atoms. The second kappa shape index (κ2) is 10.1. The summed E-state index contributed by atoms with van der Waals surface area (Å²) in [5.41, 5.74) is 5.04. The monoisotopic (exact) mass is 466 g/mol. The molecule has 0 spiro atoms. The molecule has 0 aliphatic rings. The van der Waals surface area contributed by atoms with E-state index in [4.69, 9.17) is 4.74 Å². The molecule has 7 heteroatoms. The third-order valence-electron chi connectivity index (χ3n) is 5.07. The number of carbonyl (C=O) groups is 1. The van der Waals surface area contributed by atoms with Gasteiger partial charge in [0.15, 0.2) is 6.61 Å². The second-order valence-electron chi connectivity index (χ2n) is 8.54. The van der Waals surface area contributed by atoms with E-state index >= 15 is 0 Å². The molecule has 3 rings (SSSR count). The molecule has 3 aromatic carbocycles. The van der Waals surface area contributed by atoms with Crippen molar-refractivity contribution < 1.29 is 17.9 Å². The van der Waals surface area contributed by atoms with E-state index in [0.717, 1.165) is 22.3 Å². The third kappa shape index (κ3) is 6.58. The summed E-state index contributed by atoms with van der Waals surface area (Å²) in [4.78, 5) is 12.5. The van der Waals surface area contributed by atoms with Gasteiger partial charge in [-0.2, -0.15) is 0 Å². The summed E-state index contributed by atoms with van der Waals surface area (Å²) in [5, 5.41) is 2.74. The summed E-state index contributed by atoms with van der Waals surface area (Å²) in [6.07, 6.45) is 0. The highest BCUT2D eigenvalue weighted by Gasteiger charge is 2.15. The topological polar surface area (TPSA) is 84.5 Å². The maximum absolute atomic E-state index is 12.7. The number of hydrogen-bond donors (Lipinski definition) is 2. The van der Waals surface area contributed by atoms with Crippen LogP contribution < -0.4 is 14.8 Å². The zero-order chi connectivity index (χ0) is 24.2. The van der Waals surface area contributed by atoms with Gasteiger partial charge in [0.1, 0.15) is 5.75 Å². The van der Waals surface area contributed by atoms with Gasteiger partial charge in [-0.1, -0.05) is 32.0 Å². The van der Waals surface area contributed by atoms with Crippen LogP contribution in [0.5, 0.6) is 5.75 Å². The number of hydrogen-bond acceptors (Lipinski definition) is 4. The molecular formula is C26H30N2O4S. The van der Waals surface area contributed by atoms with Crippen LogP contribution >= 0.6 is 0 Å². The van der Waals surface area contributed by atoms with Crippen molar-refractivity contribution in [2.24, 2.45) is 0 Å². The largest absolute Gasteiger partial charge is 0.483 e. The molecule has 0 saturated heterocycles. The molecule has 0 bridgehead atoms. The van der Waals surface area contributed by atoms with E-state index in [2.05, 4.69) is 23.9 Å². The van der Waals surface area contributed by atoms with Crippen LogP contribution in [0.3, 0.4) is 0 Å². The van der Waals surface area contributed by atoms with Gasteiger partial charge in [0.2, 0.25) is 0 Å². The smallest absolute Gasteiger partial charge is 0.262 e. The number of aryl methyl sites for hydroxylation is 3. The normalized spacial score (nSPS) is 11.3. The summed E-state index contributed by atoms with van der Waals surface area (Å²) in [6.45, 7) is 9.80. The quantitative estimate of drug-likeness (QED) is 0.456. The second-order valence-corrected chi connectivity index (χ2v) is 10.2. The zero-order valence-corrected chi connectivity index (χ0v) is 20.4. The zero-order valence-electron chi connectivity index (χ0n) is 19.6.